The maximum absolute atomic E-state index is 11.3. The van der Waals surface area contributed by atoms with Gasteiger partial charge < -0.3 is 10.2 Å². The van der Waals surface area contributed by atoms with Crippen molar-refractivity contribution in [1.29, 1.82) is 0 Å². The zero-order valence-electron chi connectivity index (χ0n) is 10.0. The molecule has 1 aliphatic rings. The summed E-state index contributed by atoms with van der Waals surface area (Å²) in [4.78, 5) is 13.1. The Bertz CT molecular complexity index is 273. The molecule has 1 aliphatic heterocycles. The van der Waals surface area contributed by atoms with Gasteiger partial charge in [0.15, 0.2) is 0 Å². The molecule has 1 N–H and O–H groups in total. The molecule has 1 rings (SSSR count). The van der Waals surface area contributed by atoms with Crippen molar-refractivity contribution in [3.8, 4) is 11.8 Å². The van der Waals surface area contributed by atoms with Crippen LogP contribution < -0.4 is 5.32 Å². The third-order valence-electron chi connectivity index (χ3n) is 2.52. The van der Waals surface area contributed by atoms with Crippen LogP contribution in [0.2, 0.25) is 0 Å². The maximum Gasteiger partial charge on any atom is 0.223 e. The quantitative estimate of drug-likeness (QED) is 0.442. The van der Waals surface area contributed by atoms with E-state index in [-0.39, 0.29) is 22.9 Å². The molecule has 1 heterocycles. The second kappa shape index (κ2) is 11.1. The average Bonchev–Trinajstić information content (AvgIpc) is 2.68. The van der Waals surface area contributed by atoms with Crippen LogP contribution in [0.3, 0.4) is 0 Å². The first-order valence-corrected chi connectivity index (χ1v) is 6.97. The van der Waals surface area contributed by atoms with E-state index in [1.165, 1.54) is 12.8 Å². The molecule has 1 saturated heterocycles. The fourth-order valence-electron chi connectivity index (χ4n) is 1.58. The first kappa shape index (κ1) is 16.9. The maximum atomic E-state index is 11.3. The largest absolute Gasteiger partial charge is 0.332 e. The van der Waals surface area contributed by atoms with E-state index >= 15 is 0 Å². The molecule has 0 bridgehead atoms. The van der Waals surface area contributed by atoms with Gasteiger partial charge in [0.05, 0.1) is 13.1 Å². The molecule has 0 radical (unpaired) electrons. The highest BCUT2D eigenvalue weighted by Gasteiger charge is 2.18. The van der Waals surface area contributed by atoms with Crippen LogP contribution in [0, 0.1) is 11.8 Å². The van der Waals surface area contributed by atoms with Crippen LogP contribution in [0.1, 0.15) is 25.7 Å². The fourth-order valence-corrected chi connectivity index (χ4v) is 1.98. The summed E-state index contributed by atoms with van der Waals surface area (Å²) in [5, 5.41) is 4.33. The van der Waals surface area contributed by atoms with Gasteiger partial charge in [-0.25, -0.2) is 0 Å². The van der Waals surface area contributed by atoms with Gasteiger partial charge in [0.2, 0.25) is 5.91 Å². The van der Waals surface area contributed by atoms with Gasteiger partial charge >= 0.3 is 0 Å². The third-order valence-corrected chi connectivity index (χ3v) is 3.08. The Balaban J connectivity index is 0.00000256. The van der Waals surface area contributed by atoms with Crippen molar-refractivity contribution in [3.63, 3.8) is 0 Å². The first-order valence-electron chi connectivity index (χ1n) is 5.85. The Morgan fingerprint density at radius 3 is 2.82 bits per heavy atom. The van der Waals surface area contributed by atoms with Crippen molar-refractivity contribution in [2.45, 2.75) is 25.7 Å². The van der Waals surface area contributed by atoms with E-state index in [4.69, 9.17) is 0 Å². The zero-order chi connectivity index (χ0) is 11.6. The number of rotatable bonds is 6. The number of nitrogens with zero attached hydrogens (tertiary/aromatic N) is 1. The number of alkyl halides is 1. The molecular formula is C12H20Br2N2O. The van der Waals surface area contributed by atoms with Gasteiger partial charge in [0.25, 0.3) is 0 Å². The standard InChI is InChI=1S/C12H19BrN2O.BrH/c13-7-1-2-8-14-9-3-4-10-15-11-5-6-12(15)16;/h14H,1-2,5-11H2;1H. The van der Waals surface area contributed by atoms with Crippen molar-refractivity contribution in [1.82, 2.24) is 10.2 Å². The molecular weight excluding hydrogens is 348 g/mol. The van der Waals surface area contributed by atoms with Crippen molar-refractivity contribution in [3.05, 3.63) is 0 Å². The first-order chi connectivity index (χ1) is 7.84. The van der Waals surface area contributed by atoms with E-state index in [1.807, 2.05) is 4.90 Å². The second-order valence-electron chi connectivity index (χ2n) is 3.85. The summed E-state index contributed by atoms with van der Waals surface area (Å²) >= 11 is 3.39. The van der Waals surface area contributed by atoms with E-state index in [0.717, 1.165) is 31.4 Å². The SMILES string of the molecule is Br.O=C1CCCN1CC#CCNCCCCBr. The van der Waals surface area contributed by atoms with Gasteiger partial charge in [-0.3, -0.25) is 4.79 Å². The lowest BCUT2D eigenvalue weighted by atomic mass is 10.3. The molecule has 0 aromatic carbocycles. The predicted octanol–water partition coefficient (Wildman–Crippen LogP) is 1.95. The van der Waals surface area contributed by atoms with Crippen LogP contribution in [0.25, 0.3) is 0 Å². The molecule has 3 nitrogen and oxygen atoms in total. The molecule has 0 saturated carbocycles. The Morgan fingerprint density at radius 1 is 1.35 bits per heavy atom. The Hall–Kier alpha value is -0.0500. The number of likely N-dealkylation sites (tertiary alicyclic amines) is 1. The van der Waals surface area contributed by atoms with Crippen LogP contribution in [0.5, 0.6) is 0 Å². The van der Waals surface area contributed by atoms with E-state index in [0.29, 0.717) is 13.0 Å². The van der Waals surface area contributed by atoms with Gasteiger partial charge in [-0.1, -0.05) is 27.8 Å². The third kappa shape index (κ3) is 7.80. The smallest absolute Gasteiger partial charge is 0.223 e. The number of carbonyl (C=O) groups is 1. The summed E-state index contributed by atoms with van der Waals surface area (Å²) in [6.45, 7) is 3.22. The lowest BCUT2D eigenvalue weighted by molar-refractivity contribution is -0.127. The average molecular weight is 368 g/mol. The molecule has 0 atom stereocenters. The number of hydrogen-bond donors (Lipinski definition) is 1. The molecule has 0 aliphatic carbocycles. The molecule has 5 heteroatoms. The van der Waals surface area contributed by atoms with Gasteiger partial charge in [0.1, 0.15) is 0 Å². The lowest BCUT2D eigenvalue weighted by Crippen LogP contribution is -2.25. The van der Waals surface area contributed by atoms with Crippen molar-refractivity contribution in [2.24, 2.45) is 0 Å². The molecule has 0 aromatic heterocycles. The highest BCUT2D eigenvalue weighted by atomic mass is 79.9. The Kier molecular flexibility index (Phi) is 11.0. The molecule has 0 aromatic rings. The normalized spacial score (nSPS) is 14.2. The number of halogens is 2. The minimum absolute atomic E-state index is 0. The van der Waals surface area contributed by atoms with Gasteiger partial charge in [-0.2, -0.15) is 0 Å². The van der Waals surface area contributed by atoms with Crippen molar-refractivity contribution < 1.29 is 4.79 Å². The Morgan fingerprint density at radius 2 is 2.18 bits per heavy atom. The van der Waals surface area contributed by atoms with Crippen molar-refractivity contribution >= 4 is 38.8 Å². The highest BCUT2D eigenvalue weighted by Crippen LogP contribution is 2.07. The number of carbonyl (C=O) groups excluding carboxylic acids is 1. The number of hydrogen-bond acceptors (Lipinski definition) is 2. The summed E-state index contributed by atoms with van der Waals surface area (Å²) in [5.74, 6) is 6.32. The van der Waals surface area contributed by atoms with Crippen LogP contribution in [0.15, 0.2) is 0 Å². The van der Waals surface area contributed by atoms with Crippen molar-refractivity contribution in [2.75, 3.05) is 31.5 Å². The summed E-state index contributed by atoms with van der Waals surface area (Å²) in [6, 6.07) is 0. The molecule has 17 heavy (non-hydrogen) atoms. The van der Waals surface area contributed by atoms with Crippen LogP contribution in [-0.2, 0) is 4.79 Å². The molecule has 98 valence electrons. The number of nitrogens with one attached hydrogen (secondary N) is 1. The summed E-state index contributed by atoms with van der Waals surface area (Å²) in [5.41, 5.74) is 0. The molecule has 0 spiro atoms. The van der Waals surface area contributed by atoms with Crippen LogP contribution >= 0.6 is 32.9 Å². The van der Waals surface area contributed by atoms with Gasteiger partial charge in [-0.15, -0.1) is 17.0 Å². The number of amides is 1. The lowest BCUT2D eigenvalue weighted by Gasteiger charge is -2.09. The minimum atomic E-state index is 0. The molecule has 1 amide bonds. The molecule has 0 unspecified atom stereocenters. The highest BCUT2D eigenvalue weighted by molar-refractivity contribution is 9.09. The van der Waals surface area contributed by atoms with E-state index in [9.17, 15) is 4.79 Å². The molecule has 1 fully saturated rings. The summed E-state index contributed by atoms with van der Waals surface area (Å²) in [6.07, 6.45) is 4.07. The van der Waals surface area contributed by atoms with Gasteiger partial charge in [-0.05, 0) is 25.8 Å². The fraction of sp³-hybridized carbons (Fsp3) is 0.750. The summed E-state index contributed by atoms with van der Waals surface area (Å²) < 4.78 is 0. The zero-order valence-corrected chi connectivity index (χ0v) is 13.3. The van der Waals surface area contributed by atoms with E-state index < -0.39 is 0 Å². The topological polar surface area (TPSA) is 32.3 Å². The minimum Gasteiger partial charge on any atom is -0.332 e. The van der Waals surface area contributed by atoms with Crippen LogP contribution in [-0.4, -0.2) is 42.3 Å². The van der Waals surface area contributed by atoms with E-state index in [1.54, 1.807) is 0 Å². The van der Waals surface area contributed by atoms with Crippen LogP contribution in [0.4, 0.5) is 0 Å². The number of unbranched alkanes of at least 4 members (excludes halogenated alkanes) is 1. The predicted molar refractivity (Wildman–Crippen MR) is 79.8 cm³/mol. The summed E-state index contributed by atoms with van der Waals surface area (Å²) in [7, 11) is 0. The Labute approximate surface area is 123 Å². The second-order valence-corrected chi connectivity index (χ2v) is 4.64. The monoisotopic (exact) mass is 366 g/mol. The van der Waals surface area contributed by atoms with E-state index in [2.05, 4.69) is 33.1 Å². The van der Waals surface area contributed by atoms with Gasteiger partial charge in [0, 0.05) is 18.3 Å².